The predicted octanol–water partition coefficient (Wildman–Crippen LogP) is 3.73. The van der Waals surface area contributed by atoms with Crippen LogP contribution < -0.4 is 11.1 Å². The number of carbonyl (C=O) groups is 1. The average Bonchev–Trinajstić information content (AvgIpc) is 2.58. The molecule has 1 aromatic carbocycles. The summed E-state index contributed by atoms with van der Waals surface area (Å²) in [5.74, 6) is 0.768. The topological polar surface area (TPSA) is 55.1 Å². The van der Waals surface area contributed by atoms with Crippen molar-refractivity contribution in [3.63, 3.8) is 0 Å². The third-order valence-electron chi connectivity index (χ3n) is 3.85. The highest BCUT2D eigenvalue weighted by atomic mass is 79.9. The van der Waals surface area contributed by atoms with Crippen molar-refractivity contribution in [2.24, 2.45) is 5.92 Å². The zero-order chi connectivity index (χ0) is 13.8. The number of nitrogen functional groups attached to an aromatic ring is 1. The quantitative estimate of drug-likeness (QED) is 0.643. The fourth-order valence-electron chi connectivity index (χ4n) is 2.59. The standard InChI is InChI=1S/C15H21BrN2O/c1-10-3-2-4-12(7-5-10)18-15(19)11-6-8-13(16)14(17)9-11/h6,8-10,12H,2-5,7,17H2,1H3,(H,18,19). The van der Waals surface area contributed by atoms with E-state index in [2.05, 4.69) is 28.2 Å². The van der Waals surface area contributed by atoms with Gasteiger partial charge in [0.1, 0.15) is 0 Å². The summed E-state index contributed by atoms with van der Waals surface area (Å²) < 4.78 is 0.826. The van der Waals surface area contributed by atoms with E-state index in [9.17, 15) is 4.79 Å². The molecule has 0 aliphatic heterocycles. The highest BCUT2D eigenvalue weighted by molar-refractivity contribution is 9.10. The number of carbonyl (C=O) groups excluding carboxylic acids is 1. The first-order chi connectivity index (χ1) is 9.06. The maximum atomic E-state index is 12.2. The van der Waals surface area contributed by atoms with Crippen molar-refractivity contribution in [1.29, 1.82) is 0 Å². The number of rotatable bonds is 2. The van der Waals surface area contributed by atoms with Crippen LogP contribution in [-0.2, 0) is 0 Å². The van der Waals surface area contributed by atoms with Gasteiger partial charge >= 0.3 is 0 Å². The molecule has 0 saturated heterocycles. The van der Waals surface area contributed by atoms with Crippen LogP contribution in [0.15, 0.2) is 22.7 Å². The van der Waals surface area contributed by atoms with E-state index in [4.69, 9.17) is 5.73 Å². The van der Waals surface area contributed by atoms with Gasteiger partial charge in [0.2, 0.25) is 0 Å². The highest BCUT2D eigenvalue weighted by Gasteiger charge is 2.18. The van der Waals surface area contributed by atoms with Gasteiger partial charge in [0.05, 0.1) is 0 Å². The van der Waals surface area contributed by atoms with Crippen molar-refractivity contribution in [1.82, 2.24) is 5.32 Å². The average molecular weight is 325 g/mol. The Morgan fingerprint density at radius 1 is 1.32 bits per heavy atom. The Hall–Kier alpha value is -1.03. The second-order valence-corrected chi connectivity index (χ2v) is 6.37. The van der Waals surface area contributed by atoms with Crippen molar-refractivity contribution < 1.29 is 4.79 Å². The molecule has 4 heteroatoms. The smallest absolute Gasteiger partial charge is 0.251 e. The van der Waals surface area contributed by atoms with Gasteiger partial charge in [-0.05, 0) is 59.3 Å². The first-order valence-corrected chi connectivity index (χ1v) is 7.71. The molecule has 0 radical (unpaired) electrons. The molecule has 3 nitrogen and oxygen atoms in total. The third kappa shape index (κ3) is 3.96. The summed E-state index contributed by atoms with van der Waals surface area (Å²) in [5.41, 5.74) is 7.04. The van der Waals surface area contributed by atoms with E-state index in [0.29, 0.717) is 17.3 Å². The van der Waals surface area contributed by atoms with E-state index >= 15 is 0 Å². The molecule has 0 heterocycles. The summed E-state index contributed by atoms with van der Waals surface area (Å²) in [5, 5.41) is 3.13. The van der Waals surface area contributed by atoms with Crippen molar-refractivity contribution in [2.45, 2.75) is 45.1 Å². The van der Waals surface area contributed by atoms with Gasteiger partial charge in [-0.3, -0.25) is 4.79 Å². The Morgan fingerprint density at radius 3 is 2.84 bits per heavy atom. The van der Waals surface area contributed by atoms with Crippen LogP contribution in [0, 0.1) is 5.92 Å². The highest BCUT2D eigenvalue weighted by Crippen LogP contribution is 2.24. The van der Waals surface area contributed by atoms with Gasteiger partial charge < -0.3 is 11.1 Å². The Kier molecular flexibility index (Phi) is 4.86. The number of anilines is 1. The van der Waals surface area contributed by atoms with Gasteiger partial charge in [0.15, 0.2) is 0 Å². The van der Waals surface area contributed by atoms with E-state index < -0.39 is 0 Å². The van der Waals surface area contributed by atoms with Crippen molar-refractivity contribution >= 4 is 27.5 Å². The number of nitrogens with one attached hydrogen (secondary N) is 1. The van der Waals surface area contributed by atoms with Gasteiger partial charge in [-0.25, -0.2) is 0 Å². The van der Waals surface area contributed by atoms with Gasteiger partial charge in [-0.15, -0.1) is 0 Å². The molecular weight excluding hydrogens is 304 g/mol. The second kappa shape index (κ2) is 6.42. The monoisotopic (exact) mass is 324 g/mol. The van der Waals surface area contributed by atoms with Gasteiger partial charge in [-0.2, -0.15) is 0 Å². The number of nitrogens with two attached hydrogens (primary N) is 1. The lowest BCUT2D eigenvalue weighted by Crippen LogP contribution is -2.34. The van der Waals surface area contributed by atoms with Crippen LogP contribution in [0.1, 0.15) is 49.4 Å². The molecular formula is C15H21BrN2O. The molecule has 0 aromatic heterocycles. The predicted molar refractivity (Wildman–Crippen MR) is 82.1 cm³/mol. The van der Waals surface area contributed by atoms with Crippen LogP contribution in [-0.4, -0.2) is 11.9 Å². The molecule has 1 aliphatic rings. The van der Waals surface area contributed by atoms with E-state index in [-0.39, 0.29) is 5.91 Å². The zero-order valence-electron chi connectivity index (χ0n) is 11.3. The van der Waals surface area contributed by atoms with Crippen LogP contribution in [0.3, 0.4) is 0 Å². The fraction of sp³-hybridized carbons (Fsp3) is 0.533. The lowest BCUT2D eigenvalue weighted by molar-refractivity contribution is 0.0933. The fourth-order valence-corrected chi connectivity index (χ4v) is 2.83. The molecule has 1 saturated carbocycles. The molecule has 104 valence electrons. The van der Waals surface area contributed by atoms with Gasteiger partial charge in [0.25, 0.3) is 5.91 Å². The third-order valence-corrected chi connectivity index (χ3v) is 4.57. The number of amides is 1. The summed E-state index contributed by atoms with van der Waals surface area (Å²) in [6.45, 7) is 2.29. The minimum absolute atomic E-state index is 0.0150. The van der Waals surface area contributed by atoms with Crippen molar-refractivity contribution in [3.8, 4) is 0 Å². The van der Waals surface area contributed by atoms with Crippen LogP contribution >= 0.6 is 15.9 Å². The van der Waals surface area contributed by atoms with E-state index in [1.54, 1.807) is 12.1 Å². The molecule has 2 atom stereocenters. The molecule has 0 bridgehead atoms. The SMILES string of the molecule is CC1CCCC(NC(=O)c2ccc(Br)c(N)c2)CC1. The summed E-state index contributed by atoms with van der Waals surface area (Å²) in [4.78, 5) is 12.2. The first-order valence-electron chi connectivity index (χ1n) is 6.92. The lowest BCUT2D eigenvalue weighted by Gasteiger charge is -2.16. The summed E-state index contributed by atoms with van der Waals surface area (Å²) in [7, 11) is 0. The molecule has 19 heavy (non-hydrogen) atoms. The van der Waals surface area contributed by atoms with Crippen LogP contribution in [0.2, 0.25) is 0 Å². The van der Waals surface area contributed by atoms with E-state index in [1.807, 2.05) is 6.07 Å². The minimum Gasteiger partial charge on any atom is -0.398 e. The Labute approximate surface area is 123 Å². The number of halogens is 1. The molecule has 1 amide bonds. The van der Waals surface area contributed by atoms with Crippen LogP contribution in [0.5, 0.6) is 0 Å². The number of benzene rings is 1. The zero-order valence-corrected chi connectivity index (χ0v) is 12.9. The Balaban J connectivity index is 1.98. The van der Waals surface area contributed by atoms with Gasteiger partial charge in [0, 0.05) is 21.8 Å². The summed E-state index contributed by atoms with van der Waals surface area (Å²) in [6, 6.07) is 5.65. The molecule has 2 rings (SSSR count). The molecule has 3 N–H and O–H groups in total. The van der Waals surface area contributed by atoms with Gasteiger partial charge in [-0.1, -0.05) is 19.8 Å². The number of hydrogen-bond acceptors (Lipinski definition) is 2. The van der Waals surface area contributed by atoms with Crippen molar-refractivity contribution in [2.75, 3.05) is 5.73 Å². The molecule has 1 fully saturated rings. The number of hydrogen-bond donors (Lipinski definition) is 2. The minimum atomic E-state index is -0.0150. The summed E-state index contributed by atoms with van der Waals surface area (Å²) in [6.07, 6.45) is 5.85. The molecule has 0 spiro atoms. The maximum Gasteiger partial charge on any atom is 0.251 e. The lowest BCUT2D eigenvalue weighted by atomic mass is 10.0. The molecule has 2 unspecified atom stereocenters. The van der Waals surface area contributed by atoms with Crippen LogP contribution in [0.4, 0.5) is 5.69 Å². The van der Waals surface area contributed by atoms with E-state index in [0.717, 1.165) is 23.2 Å². The second-order valence-electron chi connectivity index (χ2n) is 5.52. The first kappa shape index (κ1) is 14.4. The largest absolute Gasteiger partial charge is 0.398 e. The molecule has 1 aliphatic carbocycles. The van der Waals surface area contributed by atoms with E-state index in [1.165, 1.54) is 19.3 Å². The van der Waals surface area contributed by atoms with Crippen molar-refractivity contribution in [3.05, 3.63) is 28.2 Å². The van der Waals surface area contributed by atoms with Crippen LogP contribution in [0.25, 0.3) is 0 Å². The maximum absolute atomic E-state index is 12.2. The summed E-state index contributed by atoms with van der Waals surface area (Å²) >= 11 is 3.34. The normalized spacial score (nSPS) is 23.7. The Bertz CT molecular complexity index is 461. The molecule has 1 aromatic rings. The Morgan fingerprint density at radius 2 is 2.11 bits per heavy atom.